The molecule has 0 radical (unpaired) electrons. The number of alkyl halides is 5. The molecule has 2 nitrogen and oxygen atoms in total. The minimum atomic E-state index is -4.67. The fraction of sp³-hybridized carbons (Fsp3) is 0.188. The highest BCUT2D eigenvalue weighted by atomic mass is 19.4. The van der Waals surface area contributed by atoms with E-state index in [1.165, 1.54) is 0 Å². The molecule has 126 valence electrons. The smallest absolute Gasteiger partial charge is 0.293 e. The molecule has 1 atom stereocenters. The molecule has 24 heavy (non-hydrogen) atoms. The van der Waals surface area contributed by atoms with Gasteiger partial charge in [0.05, 0.1) is 5.56 Å². The number of hydrogen-bond donors (Lipinski definition) is 0. The number of anilines is 1. The lowest BCUT2D eigenvalue weighted by Gasteiger charge is -2.46. The van der Waals surface area contributed by atoms with Gasteiger partial charge in [-0.15, -0.1) is 0 Å². The third kappa shape index (κ3) is 2.51. The minimum Gasteiger partial charge on any atom is -0.293 e. The molecule has 2 aromatic rings. The number of rotatable bonds is 2. The van der Waals surface area contributed by atoms with Crippen molar-refractivity contribution in [1.29, 1.82) is 0 Å². The standard InChI is InChI=1S/C16H9F6NO/c17-11-6-4-9(5-7-11)13-15(18,19)14(24)23(13)12-3-1-2-10(8-12)16(20,21)22/h1-8,13H/t13-/m1/s1. The molecule has 3 rings (SSSR count). The van der Waals surface area contributed by atoms with Crippen molar-refractivity contribution >= 4 is 11.6 Å². The number of amides is 1. The molecule has 1 amide bonds. The summed E-state index contributed by atoms with van der Waals surface area (Å²) < 4.78 is 79.2. The van der Waals surface area contributed by atoms with Gasteiger partial charge in [0.15, 0.2) is 0 Å². The molecule has 8 heteroatoms. The van der Waals surface area contributed by atoms with Gasteiger partial charge in [0.1, 0.15) is 11.9 Å². The Balaban J connectivity index is 2.03. The van der Waals surface area contributed by atoms with E-state index in [9.17, 15) is 31.1 Å². The van der Waals surface area contributed by atoms with Gasteiger partial charge in [-0.05, 0) is 35.9 Å². The number of nitrogens with zero attached hydrogens (tertiary/aromatic N) is 1. The summed E-state index contributed by atoms with van der Waals surface area (Å²) >= 11 is 0. The van der Waals surface area contributed by atoms with Crippen molar-refractivity contribution in [3.05, 3.63) is 65.5 Å². The van der Waals surface area contributed by atoms with Crippen LogP contribution < -0.4 is 4.90 Å². The van der Waals surface area contributed by atoms with E-state index in [0.29, 0.717) is 11.0 Å². The molecule has 2 aromatic carbocycles. The van der Waals surface area contributed by atoms with Gasteiger partial charge in [-0.1, -0.05) is 18.2 Å². The summed E-state index contributed by atoms with van der Waals surface area (Å²) in [6.07, 6.45) is -4.67. The van der Waals surface area contributed by atoms with Crippen LogP contribution in [0.1, 0.15) is 17.2 Å². The van der Waals surface area contributed by atoms with E-state index in [0.717, 1.165) is 42.5 Å². The molecule has 1 aliphatic heterocycles. The molecule has 0 unspecified atom stereocenters. The maximum absolute atomic E-state index is 13.9. The molecule has 0 aliphatic carbocycles. The largest absolute Gasteiger partial charge is 0.416 e. The van der Waals surface area contributed by atoms with Crippen LogP contribution in [0.5, 0.6) is 0 Å². The SMILES string of the molecule is O=C1N(c2cccc(C(F)(F)F)c2)[C@H](c2ccc(F)cc2)C1(F)F. The van der Waals surface area contributed by atoms with E-state index >= 15 is 0 Å². The van der Waals surface area contributed by atoms with Gasteiger partial charge in [0.2, 0.25) is 0 Å². The second-order valence-corrected chi connectivity index (χ2v) is 5.30. The van der Waals surface area contributed by atoms with Crippen LogP contribution in [-0.2, 0) is 11.0 Å². The number of carbonyl (C=O) groups is 1. The molecular weight excluding hydrogens is 336 g/mol. The first-order valence-corrected chi connectivity index (χ1v) is 6.76. The molecule has 0 aromatic heterocycles. The number of carbonyl (C=O) groups excluding carboxylic acids is 1. The van der Waals surface area contributed by atoms with E-state index in [1.54, 1.807) is 0 Å². The van der Waals surface area contributed by atoms with Crippen LogP contribution in [0.3, 0.4) is 0 Å². The van der Waals surface area contributed by atoms with Gasteiger partial charge in [0.25, 0.3) is 0 Å². The Morgan fingerprint density at radius 1 is 1.00 bits per heavy atom. The zero-order chi connectivity index (χ0) is 17.7. The van der Waals surface area contributed by atoms with Crippen LogP contribution in [0.2, 0.25) is 0 Å². The van der Waals surface area contributed by atoms with Crippen molar-refractivity contribution in [2.75, 3.05) is 4.90 Å². The fourth-order valence-electron chi connectivity index (χ4n) is 2.59. The number of β-lactam (4-membered cyclic amide) rings is 1. The summed E-state index contributed by atoms with van der Waals surface area (Å²) in [4.78, 5) is 12.3. The Bertz CT molecular complexity index is 784. The Hall–Kier alpha value is -2.51. The van der Waals surface area contributed by atoms with E-state index in [1.807, 2.05) is 0 Å². The molecular formula is C16H9F6NO. The minimum absolute atomic E-state index is 0.0709. The van der Waals surface area contributed by atoms with Crippen LogP contribution in [0, 0.1) is 5.82 Å². The zero-order valence-electron chi connectivity index (χ0n) is 11.8. The van der Waals surface area contributed by atoms with Crippen molar-refractivity contribution in [2.45, 2.75) is 18.1 Å². The lowest BCUT2D eigenvalue weighted by Crippen LogP contribution is -2.64. The molecule has 0 N–H and O–H groups in total. The lowest BCUT2D eigenvalue weighted by atomic mass is 9.88. The maximum atomic E-state index is 13.9. The first-order valence-electron chi connectivity index (χ1n) is 6.76. The van der Waals surface area contributed by atoms with Crippen molar-refractivity contribution < 1.29 is 31.1 Å². The van der Waals surface area contributed by atoms with Crippen LogP contribution in [0.25, 0.3) is 0 Å². The van der Waals surface area contributed by atoms with Crippen LogP contribution in [0.15, 0.2) is 48.5 Å². The second-order valence-electron chi connectivity index (χ2n) is 5.30. The highest BCUT2D eigenvalue weighted by Gasteiger charge is 2.64. The van der Waals surface area contributed by atoms with Crippen LogP contribution in [0.4, 0.5) is 32.0 Å². The summed E-state index contributed by atoms with van der Waals surface area (Å²) in [6.45, 7) is 0. The van der Waals surface area contributed by atoms with Crippen molar-refractivity contribution in [2.24, 2.45) is 0 Å². The van der Waals surface area contributed by atoms with Crippen molar-refractivity contribution in [1.82, 2.24) is 0 Å². The average molecular weight is 345 g/mol. The Morgan fingerprint density at radius 3 is 2.21 bits per heavy atom. The van der Waals surface area contributed by atoms with E-state index in [-0.39, 0.29) is 11.3 Å². The third-order valence-electron chi connectivity index (χ3n) is 3.74. The maximum Gasteiger partial charge on any atom is 0.416 e. The van der Waals surface area contributed by atoms with Gasteiger partial charge < -0.3 is 0 Å². The second kappa shape index (κ2) is 5.25. The topological polar surface area (TPSA) is 20.3 Å². The monoisotopic (exact) mass is 345 g/mol. The lowest BCUT2D eigenvalue weighted by molar-refractivity contribution is -0.162. The quantitative estimate of drug-likeness (QED) is 0.577. The van der Waals surface area contributed by atoms with E-state index in [2.05, 4.69) is 0 Å². The molecule has 1 heterocycles. The summed E-state index contributed by atoms with van der Waals surface area (Å²) in [5.74, 6) is -6.03. The van der Waals surface area contributed by atoms with Crippen molar-refractivity contribution in [3.63, 3.8) is 0 Å². The molecule has 1 aliphatic rings. The van der Waals surface area contributed by atoms with Gasteiger partial charge >= 0.3 is 18.0 Å². The first-order chi connectivity index (χ1) is 11.1. The summed E-state index contributed by atoms with van der Waals surface area (Å²) in [5.41, 5.74) is -1.42. The first kappa shape index (κ1) is 16.4. The number of halogens is 6. The molecule has 0 bridgehead atoms. The van der Waals surface area contributed by atoms with Gasteiger partial charge in [-0.25, -0.2) is 4.39 Å². The highest BCUT2D eigenvalue weighted by Crippen LogP contribution is 2.50. The van der Waals surface area contributed by atoms with Gasteiger partial charge in [-0.2, -0.15) is 22.0 Å². The summed E-state index contributed by atoms with van der Waals surface area (Å²) in [5, 5.41) is 0. The molecule has 0 saturated carbocycles. The normalized spacial score (nSPS) is 20.0. The molecule has 1 fully saturated rings. The predicted molar refractivity (Wildman–Crippen MR) is 73.0 cm³/mol. The highest BCUT2D eigenvalue weighted by molar-refractivity contribution is 6.07. The Morgan fingerprint density at radius 2 is 1.62 bits per heavy atom. The summed E-state index contributed by atoms with van der Waals surface area (Å²) in [6, 6.07) is 5.82. The van der Waals surface area contributed by atoms with Crippen LogP contribution >= 0.6 is 0 Å². The zero-order valence-corrected chi connectivity index (χ0v) is 11.8. The average Bonchev–Trinajstić information content (AvgIpc) is 2.52. The van der Waals surface area contributed by atoms with Gasteiger partial charge in [-0.3, -0.25) is 9.69 Å². The Kier molecular flexibility index (Phi) is 3.58. The van der Waals surface area contributed by atoms with Gasteiger partial charge in [0, 0.05) is 5.69 Å². The van der Waals surface area contributed by atoms with Crippen LogP contribution in [-0.4, -0.2) is 11.8 Å². The Labute approximate surface area is 132 Å². The molecule has 0 spiro atoms. The van der Waals surface area contributed by atoms with E-state index < -0.39 is 35.4 Å². The third-order valence-corrected chi connectivity index (χ3v) is 3.74. The predicted octanol–water partition coefficient (Wildman–Crippen LogP) is 4.57. The number of hydrogen-bond acceptors (Lipinski definition) is 1. The fourth-order valence-corrected chi connectivity index (χ4v) is 2.59. The van der Waals surface area contributed by atoms with Crippen molar-refractivity contribution in [3.8, 4) is 0 Å². The summed E-state index contributed by atoms with van der Waals surface area (Å²) in [7, 11) is 0. The number of benzene rings is 2. The van der Waals surface area contributed by atoms with E-state index in [4.69, 9.17) is 0 Å². The molecule has 1 saturated heterocycles.